The molecule has 0 saturated carbocycles. The van der Waals surface area contributed by atoms with Gasteiger partial charge in [0.1, 0.15) is 0 Å². The molecule has 0 aliphatic carbocycles. The van der Waals surface area contributed by atoms with Crippen molar-refractivity contribution in [3.63, 3.8) is 0 Å². The van der Waals surface area contributed by atoms with E-state index in [1.807, 2.05) is 26.0 Å². The maximum absolute atomic E-state index is 11.5. The summed E-state index contributed by atoms with van der Waals surface area (Å²) >= 11 is 0. The van der Waals surface area contributed by atoms with Crippen molar-refractivity contribution in [3.05, 3.63) is 41.7 Å². The average molecular weight is 447 g/mol. The van der Waals surface area contributed by atoms with Gasteiger partial charge >= 0.3 is 0 Å². The molecule has 2 fully saturated rings. The number of allylic oxidation sites excluding steroid dienone is 1. The Kier molecular flexibility index (Phi) is 12.7. The maximum Gasteiger partial charge on any atom is 0.292 e. The molecule has 0 aromatic heterocycles. The number of hydrogen-bond donors (Lipinski definition) is 1. The van der Waals surface area contributed by atoms with Gasteiger partial charge in [0.05, 0.1) is 20.5 Å². The monoisotopic (exact) mass is 446 g/mol. The van der Waals surface area contributed by atoms with E-state index in [2.05, 4.69) is 45.7 Å². The van der Waals surface area contributed by atoms with Gasteiger partial charge in [-0.05, 0) is 62.3 Å². The second-order valence-electron chi connectivity index (χ2n) is 8.87. The Hall–Kier alpha value is -2.34. The summed E-state index contributed by atoms with van der Waals surface area (Å²) in [6, 6.07) is 9.01. The molecule has 6 heteroatoms. The third kappa shape index (κ3) is 8.65. The van der Waals surface area contributed by atoms with E-state index >= 15 is 0 Å². The number of rotatable bonds is 5. The Labute approximate surface area is 194 Å². The van der Waals surface area contributed by atoms with Gasteiger partial charge in [-0.1, -0.05) is 38.5 Å². The van der Waals surface area contributed by atoms with Crippen LogP contribution in [-0.4, -0.2) is 50.6 Å². The number of methoxy groups -OCH3 is 2. The molecule has 4 atom stereocenters. The van der Waals surface area contributed by atoms with Crippen molar-refractivity contribution in [3.8, 4) is 0 Å². The Bertz CT molecular complexity index is 730. The normalized spacial score (nSPS) is 23.8. The molecule has 0 spiro atoms. The van der Waals surface area contributed by atoms with Crippen molar-refractivity contribution >= 4 is 18.1 Å². The van der Waals surface area contributed by atoms with E-state index in [9.17, 15) is 4.79 Å². The first kappa shape index (κ1) is 27.7. The molecule has 0 radical (unpaired) electrons. The topological polar surface area (TPSA) is 67.9 Å². The number of carbonyl (C=O) groups excluding carboxylic acids is 2. The van der Waals surface area contributed by atoms with Gasteiger partial charge in [0.2, 0.25) is 5.91 Å². The second-order valence-corrected chi connectivity index (χ2v) is 8.87. The molecule has 1 N–H and O–H groups in total. The van der Waals surface area contributed by atoms with E-state index in [0.717, 1.165) is 17.5 Å². The Balaban J connectivity index is 0.000000432. The fraction of sp³-hybridized carbons (Fsp3) is 0.615. The summed E-state index contributed by atoms with van der Waals surface area (Å²) in [5, 5.41) is 3.02. The number of ether oxygens (including phenoxy) is 2. The summed E-state index contributed by atoms with van der Waals surface area (Å²) in [6.07, 6.45) is 5.50. The zero-order chi connectivity index (χ0) is 24.1. The number of hydrogen-bond acceptors (Lipinski definition) is 5. The van der Waals surface area contributed by atoms with E-state index in [1.165, 1.54) is 50.6 Å². The van der Waals surface area contributed by atoms with Crippen LogP contribution in [0.5, 0.6) is 0 Å². The molecule has 1 aromatic rings. The van der Waals surface area contributed by atoms with Crippen molar-refractivity contribution in [2.24, 2.45) is 11.8 Å². The number of para-hydroxylation sites is 1. The van der Waals surface area contributed by atoms with Crippen LogP contribution < -0.4 is 5.32 Å². The molecule has 6 nitrogen and oxygen atoms in total. The van der Waals surface area contributed by atoms with Crippen molar-refractivity contribution in [2.45, 2.75) is 65.8 Å². The summed E-state index contributed by atoms with van der Waals surface area (Å²) in [7, 11) is 2.96. The van der Waals surface area contributed by atoms with E-state index < -0.39 is 0 Å². The highest BCUT2D eigenvalue weighted by atomic mass is 16.5. The fourth-order valence-electron chi connectivity index (χ4n) is 4.77. The zero-order valence-electron chi connectivity index (χ0n) is 20.9. The highest BCUT2D eigenvalue weighted by molar-refractivity contribution is 5.89. The minimum absolute atomic E-state index is 0.0189. The first-order valence-corrected chi connectivity index (χ1v) is 11.5. The van der Waals surface area contributed by atoms with Crippen LogP contribution in [0.1, 0.15) is 65.4 Å². The Morgan fingerprint density at radius 1 is 1.19 bits per heavy atom. The molecule has 1 amide bonds. The number of fused-ring (bicyclic) bond motifs is 1. The first-order chi connectivity index (χ1) is 15.3. The first-order valence-electron chi connectivity index (χ1n) is 11.5. The van der Waals surface area contributed by atoms with Gasteiger partial charge < -0.3 is 14.8 Å². The van der Waals surface area contributed by atoms with Crippen LogP contribution in [-0.2, 0) is 19.1 Å². The van der Waals surface area contributed by atoms with Crippen molar-refractivity contribution in [1.29, 1.82) is 0 Å². The van der Waals surface area contributed by atoms with Gasteiger partial charge in [-0.15, -0.1) is 0 Å². The zero-order valence-corrected chi connectivity index (χ0v) is 20.9. The molecule has 2 unspecified atom stereocenters. The summed E-state index contributed by atoms with van der Waals surface area (Å²) in [5.74, 6) is 2.23. The van der Waals surface area contributed by atoms with Crippen LogP contribution in [0.2, 0.25) is 0 Å². The van der Waals surface area contributed by atoms with Gasteiger partial charge in [0.25, 0.3) is 6.47 Å². The smallest absolute Gasteiger partial charge is 0.292 e. The average Bonchev–Trinajstić information content (AvgIpc) is 3.16. The van der Waals surface area contributed by atoms with Crippen LogP contribution in [0.3, 0.4) is 0 Å². The molecule has 2 aliphatic heterocycles. The van der Waals surface area contributed by atoms with Gasteiger partial charge in [-0.2, -0.15) is 0 Å². The highest BCUT2D eigenvalue weighted by Crippen LogP contribution is 2.44. The van der Waals surface area contributed by atoms with Gasteiger partial charge in [0, 0.05) is 31.1 Å². The molecule has 2 saturated heterocycles. The third-order valence-corrected chi connectivity index (χ3v) is 6.19. The lowest BCUT2D eigenvalue weighted by atomic mass is 9.77. The lowest BCUT2D eigenvalue weighted by Crippen LogP contribution is -2.44. The molecule has 2 aliphatic rings. The largest absolute Gasteiger partial charge is 0.504 e. The van der Waals surface area contributed by atoms with Crippen molar-refractivity contribution in [1.82, 2.24) is 4.90 Å². The van der Waals surface area contributed by atoms with E-state index in [0.29, 0.717) is 18.4 Å². The lowest BCUT2D eigenvalue weighted by molar-refractivity contribution is -0.126. The summed E-state index contributed by atoms with van der Waals surface area (Å²) < 4.78 is 8.50. The molecule has 1 aromatic carbocycles. The van der Waals surface area contributed by atoms with E-state index in [-0.39, 0.29) is 5.91 Å². The Morgan fingerprint density at radius 3 is 2.34 bits per heavy atom. The fourth-order valence-corrected chi connectivity index (χ4v) is 4.77. The number of benzene rings is 1. The standard InChI is InChI=1S/C19H28N2O.C5H10O.C2H4O2/c1-4-15-12-21-10-9-17(19(21)11-13(15)2)16-7-5-6-8-18(16)20-14(3)22;1-5(2)4-6-3;1-4-2-3/h5-8,13,15,17,19H,4,9-12H2,1-3H3,(H,20,22);4H,1-3H3;2H,1H3/t13?,15-,17-,19?;;/m0../s1. The van der Waals surface area contributed by atoms with Crippen molar-refractivity contribution < 1.29 is 19.1 Å². The molecule has 180 valence electrons. The summed E-state index contributed by atoms with van der Waals surface area (Å²) in [6.45, 7) is 13.1. The van der Waals surface area contributed by atoms with Crippen LogP contribution in [0.15, 0.2) is 36.1 Å². The quantitative estimate of drug-likeness (QED) is 0.496. The molecular weight excluding hydrogens is 404 g/mol. The predicted octanol–water partition coefficient (Wildman–Crippen LogP) is 5.21. The number of amides is 1. The minimum Gasteiger partial charge on any atom is -0.504 e. The number of carbonyl (C=O) groups is 2. The molecule has 2 heterocycles. The van der Waals surface area contributed by atoms with Gasteiger partial charge in [0.15, 0.2) is 0 Å². The second kappa shape index (κ2) is 14.7. The summed E-state index contributed by atoms with van der Waals surface area (Å²) in [5.41, 5.74) is 3.52. The van der Waals surface area contributed by atoms with Crippen molar-refractivity contribution in [2.75, 3.05) is 32.6 Å². The summed E-state index contributed by atoms with van der Waals surface area (Å²) in [4.78, 5) is 23.1. The van der Waals surface area contributed by atoms with Crippen LogP contribution >= 0.6 is 0 Å². The molecular formula is C26H42N2O4. The number of nitrogens with zero attached hydrogens (tertiary/aromatic N) is 1. The highest BCUT2D eigenvalue weighted by Gasteiger charge is 2.41. The molecule has 3 rings (SSSR count). The molecule has 32 heavy (non-hydrogen) atoms. The predicted molar refractivity (Wildman–Crippen MR) is 131 cm³/mol. The number of anilines is 1. The lowest BCUT2D eigenvalue weighted by Gasteiger charge is -2.41. The van der Waals surface area contributed by atoms with E-state index in [1.54, 1.807) is 20.3 Å². The Morgan fingerprint density at radius 2 is 1.84 bits per heavy atom. The maximum atomic E-state index is 11.5. The van der Waals surface area contributed by atoms with E-state index in [4.69, 9.17) is 4.79 Å². The van der Waals surface area contributed by atoms with Crippen LogP contribution in [0.25, 0.3) is 0 Å². The number of piperidine rings is 1. The molecule has 0 bridgehead atoms. The number of nitrogens with one attached hydrogen (secondary N) is 1. The SMILES string of the molecule is CC[C@H]1CN2CC[C@@H](c3ccccc3NC(C)=O)C2CC1C.COC=C(C)C.COC=O. The van der Waals surface area contributed by atoms with Gasteiger partial charge in [-0.25, -0.2) is 0 Å². The van der Waals surface area contributed by atoms with Gasteiger partial charge in [-0.3, -0.25) is 14.5 Å². The minimum atomic E-state index is 0.0189. The van der Waals surface area contributed by atoms with Crippen LogP contribution in [0, 0.1) is 11.8 Å². The third-order valence-electron chi connectivity index (χ3n) is 6.19. The van der Waals surface area contributed by atoms with Crippen LogP contribution in [0.4, 0.5) is 5.69 Å².